The van der Waals surface area contributed by atoms with Gasteiger partial charge in [-0.25, -0.2) is 8.78 Å². The molecule has 0 radical (unpaired) electrons. The Labute approximate surface area is 133 Å². The molecule has 0 bridgehead atoms. The van der Waals surface area contributed by atoms with Crippen LogP contribution in [0.5, 0.6) is 0 Å². The molecule has 1 unspecified atom stereocenters. The van der Waals surface area contributed by atoms with Gasteiger partial charge in [-0.3, -0.25) is 0 Å². The van der Waals surface area contributed by atoms with Gasteiger partial charge in [-0.2, -0.15) is 0 Å². The minimum atomic E-state index is -0.383. The smallest absolute Gasteiger partial charge is 0.178 e. The van der Waals surface area contributed by atoms with E-state index in [0.29, 0.717) is 25.8 Å². The fraction of sp³-hybridized carbons (Fsp3) is 0.133. The number of H-pyrrole nitrogens is 1. The third-order valence-electron chi connectivity index (χ3n) is 3.50. The molecule has 0 amide bonds. The molecule has 2 nitrogen and oxygen atoms in total. The van der Waals surface area contributed by atoms with Gasteiger partial charge < -0.3 is 9.55 Å². The molecule has 108 valence electrons. The van der Waals surface area contributed by atoms with E-state index >= 15 is 0 Å². The second-order valence-electron chi connectivity index (χ2n) is 4.78. The van der Waals surface area contributed by atoms with Gasteiger partial charge in [0.2, 0.25) is 0 Å². The predicted octanol–water partition coefficient (Wildman–Crippen LogP) is 5.35. The lowest BCUT2D eigenvalue weighted by Crippen LogP contribution is -2.08. The summed E-state index contributed by atoms with van der Waals surface area (Å²) in [4.78, 5) is 3.02. The first-order valence-electron chi connectivity index (χ1n) is 6.32. The van der Waals surface area contributed by atoms with Crippen LogP contribution in [0.1, 0.15) is 18.5 Å². The average Bonchev–Trinajstić information content (AvgIpc) is 2.74. The number of aromatic amines is 1. The standard InChI is InChI=1S/C15H11BrF2N2S/c1-8(9-4-2-3-5-11(9)17)20-14-7-12(18)10(16)6-13(14)19-15(20)21/h2-8H,1H3,(H,19,21). The predicted molar refractivity (Wildman–Crippen MR) is 85.0 cm³/mol. The summed E-state index contributed by atoms with van der Waals surface area (Å²) < 4.78 is 30.3. The highest BCUT2D eigenvalue weighted by Gasteiger charge is 2.17. The number of fused-ring (bicyclic) bond motifs is 1. The van der Waals surface area contributed by atoms with Crippen molar-refractivity contribution in [1.82, 2.24) is 9.55 Å². The molecule has 3 rings (SSSR count). The lowest BCUT2D eigenvalue weighted by atomic mass is 10.1. The van der Waals surface area contributed by atoms with Crippen molar-refractivity contribution < 1.29 is 8.78 Å². The molecule has 1 atom stereocenters. The molecule has 0 saturated carbocycles. The van der Waals surface area contributed by atoms with E-state index in [0.717, 1.165) is 0 Å². The van der Waals surface area contributed by atoms with Crippen LogP contribution >= 0.6 is 28.1 Å². The van der Waals surface area contributed by atoms with E-state index in [1.54, 1.807) is 28.8 Å². The zero-order chi connectivity index (χ0) is 15.1. The van der Waals surface area contributed by atoms with Crippen LogP contribution in [-0.2, 0) is 0 Å². The van der Waals surface area contributed by atoms with Crippen molar-refractivity contribution in [1.29, 1.82) is 0 Å². The van der Waals surface area contributed by atoms with Crippen LogP contribution in [0, 0.1) is 16.4 Å². The highest BCUT2D eigenvalue weighted by atomic mass is 79.9. The van der Waals surface area contributed by atoms with Crippen molar-refractivity contribution in [3.8, 4) is 0 Å². The second kappa shape index (κ2) is 5.35. The van der Waals surface area contributed by atoms with Crippen LogP contribution in [0.15, 0.2) is 40.9 Å². The zero-order valence-electron chi connectivity index (χ0n) is 11.0. The van der Waals surface area contributed by atoms with Gasteiger partial charge in [-0.15, -0.1) is 0 Å². The summed E-state index contributed by atoms with van der Waals surface area (Å²) in [5, 5.41) is 0. The molecule has 3 aromatic rings. The maximum atomic E-state index is 14.0. The summed E-state index contributed by atoms with van der Waals surface area (Å²) in [5.41, 5.74) is 1.82. The number of benzene rings is 2. The first-order chi connectivity index (χ1) is 9.99. The van der Waals surface area contributed by atoms with E-state index < -0.39 is 0 Å². The molecule has 1 heterocycles. The van der Waals surface area contributed by atoms with Gasteiger partial charge >= 0.3 is 0 Å². The molecular formula is C15H11BrF2N2S. The van der Waals surface area contributed by atoms with E-state index in [2.05, 4.69) is 20.9 Å². The largest absolute Gasteiger partial charge is 0.331 e. The van der Waals surface area contributed by atoms with Crippen LogP contribution in [0.3, 0.4) is 0 Å². The molecular weight excluding hydrogens is 358 g/mol. The van der Waals surface area contributed by atoms with Crippen LogP contribution < -0.4 is 0 Å². The topological polar surface area (TPSA) is 20.7 Å². The first kappa shape index (κ1) is 14.4. The molecule has 0 fully saturated rings. The quantitative estimate of drug-likeness (QED) is 0.604. The molecule has 0 spiro atoms. The second-order valence-corrected chi connectivity index (χ2v) is 6.02. The highest BCUT2D eigenvalue weighted by Crippen LogP contribution is 2.29. The molecule has 0 saturated heterocycles. The van der Waals surface area contributed by atoms with Gasteiger partial charge in [0.1, 0.15) is 11.6 Å². The van der Waals surface area contributed by atoms with Gasteiger partial charge in [0.05, 0.1) is 21.5 Å². The molecule has 0 aliphatic carbocycles. The van der Waals surface area contributed by atoms with Gasteiger partial charge in [0.25, 0.3) is 0 Å². The summed E-state index contributed by atoms with van der Waals surface area (Å²) in [6, 6.07) is 9.19. The van der Waals surface area contributed by atoms with Crippen molar-refractivity contribution in [2.75, 3.05) is 0 Å². The molecule has 2 aromatic carbocycles. The number of nitrogens with zero attached hydrogens (tertiary/aromatic N) is 1. The van der Waals surface area contributed by atoms with E-state index in [1.165, 1.54) is 12.1 Å². The SMILES string of the molecule is CC(c1ccccc1F)n1c(=S)[nH]c2cc(Br)c(F)cc21. The Hall–Kier alpha value is -1.53. The van der Waals surface area contributed by atoms with E-state index in [9.17, 15) is 8.78 Å². The molecule has 0 aliphatic rings. The summed E-state index contributed by atoms with van der Waals surface area (Å²) in [6.45, 7) is 1.83. The van der Waals surface area contributed by atoms with E-state index in [1.807, 2.05) is 6.92 Å². The van der Waals surface area contributed by atoms with Gasteiger partial charge in [0.15, 0.2) is 4.77 Å². The lowest BCUT2D eigenvalue weighted by molar-refractivity contribution is 0.560. The summed E-state index contributed by atoms with van der Waals surface area (Å²) in [7, 11) is 0. The number of halogens is 3. The number of hydrogen-bond donors (Lipinski definition) is 1. The molecule has 1 aromatic heterocycles. The number of rotatable bonds is 2. The third-order valence-corrected chi connectivity index (χ3v) is 4.41. The number of aromatic nitrogens is 2. The van der Waals surface area contributed by atoms with Crippen molar-refractivity contribution >= 4 is 39.2 Å². The first-order valence-corrected chi connectivity index (χ1v) is 7.53. The molecule has 21 heavy (non-hydrogen) atoms. The fourth-order valence-corrected chi connectivity index (χ4v) is 3.17. The van der Waals surface area contributed by atoms with Crippen molar-refractivity contribution in [3.63, 3.8) is 0 Å². The summed E-state index contributed by atoms with van der Waals surface area (Å²) >= 11 is 8.45. The van der Waals surface area contributed by atoms with Crippen molar-refractivity contribution in [3.05, 3.63) is 62.8 Å². The Morgan fingerprint density at radius 2 is 1.90 bits per heavy atom. The van der Waals surface area contributed by atoms with Crippen LogP contribution in [-0.4, -0.2) is 9.55 Å². The Morgan fingerprint density at radius 1 is 1.19 bits per heavy atom. The minimum absolute atomic E-state index is 0.307. The lowest BCUT2D eigenvalue weighted by Gasteiger charge is -2.16. The molecule has 6 heteroatoms. The van der Waals surface area contributed by atoms with Crippen LogP contribution in [0.2, 0.25) is 0 Å². The van der Waals surface area contributed by atoms with Gasteiger partial charge in [-0.05, 0) is 47.2 Å². The minimum Gasteiger partial charge on any atom is -0.331 e. The van der Waals surface area contributed by atoms with Gasteiger partial charge in [-0.1, -0.05) is 18.2 Å². The van der Waals surface area contributed by atoms with Gasteiger partial charge in [0, 0.05) is 11.6 Å². The number of imidazole rings is 1. The van der Waals surface area contributed by atoms with E-state index in [4.69, 9.17) is 12.2 Å². The van der Waals surface area contributed by atoms with Crippen LogP contribution in [0.25, 0.3) is 11.0 Å². The number of nitrogens with one attached hydrogen (secondary N) is 1. The third kappa shape index (κ3) is 2.42. The Bertz CT molecular complexity index is 885. The van der Waals surface area contributed by atoms with Crippen molar-refractivity contribution in [2.24, 2.45) is 0 Å². The monoisotopic (exact) mass is 368 g/mol. The Kier molecular flexibility index (Phi) is 3.67. The van der Waals surface area contributed by atoms with Crippen molar-refractivity contribution in [2.45, 2.75) is 13.0 Å². The maximum Gasteiger partial charge on any atom is 0.178 e. The Balaban J connectivity index is 2.25. The normalized spacial score (nSPS) is 12.8. The van der Waals surface area contributed by atoms with Crippen LogP contribution in [0.4, 0.5) is 8.78 Å². The fourth-order valence-electron chi connectivity index (χ4n) is 2.46. The summed E-state index contributed by atoms with van der Waals surface area (Å²) in [6.07, 6.45) is 0. The summed E-state index contributed by atoms with van der Waals surface area (Å²) in [5.74, 6) is -0.690. The van der Waals surface area contributed by atoms with E-state index in [-0.39, 0.29) is 17.7 Å². The Morgan fingerprint density at radius 3 is 2.62 bits per heavy atom. The zero-order valence-corrected chi connectivity index (χ0v) is 13.4. The molecule has 1 N–H and O–H groups in total. The average molecular weight is 369 g/mol. The maximum absolute atomic E-state index is 14.0. The molecule has 0 aliphatic heterocycles. The number of hydrogen-bond acceptors (Lipinski definition) is 1. The highest BCUT2D eigenvalue weighted by molar-refractivity contribution is 9.10.